The van der Waals surface area contributed by atoms with Crippen LogP contribution in [0.15, 0.2) is 12.4 Å². The highest BCUT2D eigenvalue weighted by Gasteiger charge is 2.42. The van der Waals surface area contributed by atoms with E-state index in [-0.39, 0.29) is 18.0 Å². The molecule has 2 rings (SSSR count). The van der Waals surface area contributed by atoms with Crippen LogP contribution in [0.25, 0.3) is 0 Å². The highest BCUT2D eigenvalue weighted by atomic mass is 16.2. The van der Waals surface area contributed by atoms with Gasteiger partial charge in [0, 0.05) is 12.7 Å². The Morgan fingerprint density at radius 2 is 2.36 bits per heavy atom. The zero-order chi connectivity index (χ0) is 10.3. The van der Waals surface area contributed by atoms with E-state index in [1.54, 1.807) is 15.8 Å². The van der Waals surface area contributed by atoms with Crippen molar-refractivity contribution in [3.63, 3.8) is 0 Å². The molecule has 2 heterocycles. The van der Waals surface area contributed by atoms with E-state index in [9.17, 15) is 4.79 Å². The summed E-state index contributed by atoms with van der Waals surface area (Å²) in [6.07, 6.45) is 3.56. The number of amides is 1. The van der Waals surface area contributed by atoms with Crippen LogP contribution in [0.3, 0.4) is 0 Å². The Balaban J connectivity index is 2.20. The van der Waals surface area contributed by atoms with E-state index in [0.29, 0.717) is 0 Å². The van der Waals surface area contributed by atoms with E-state index in [1.165, 1.54) is 0 Å². The Morgan fingerprint density at radius 3 is 2.86 bits per heavy atom. The number of hydrogen-bond acceptors (Lipinski definition) is 3. The molecule has 1 amide bonds. The van der Waals surface area contributed by atoms with Crippen LogP contribution >= 0.6 is 0 Å². The topological polar surface area (TPSA) is 64.2 Å². The number of aromatic nitrogens is 2. The van der Waals surface area contributed by atoms with Crippen LogP contribution in [-0.2, 0) is 11.3 Å². The van der Waals surface area contributed by atoms with E-state index in [4.69, 9.17) is 5.73 Å². The van der Waals surface area contributed by atoms with Crippen molar-refractivity contribution in [2.24, 2.45) is 5.73 Å². The summed E-state index contributed by atoms with van der Waals surface area (Å²) in [5.41, 5.74) is 6.45. The van der Waals surface area contributed by atoms with Crippen molar-refractivity contribution in [3.8, 4) is 0 Å². The Kier molecular flexibility index (Phi) is 2.03. The first-order valence-corrected chi connectivity index (χ1v) is 4.76. The summed E-state index contributed by atoms with van der Waals surface area (Å²) < 4.78 is 1.79. The quantitative estimate of drug-likeness (QED) is 0.672. The SMILES string of the molecule is CCn1cc(N2C(=O)[C@H](N)[C@H]2C)cn1. The lowest BCUT2D eigenvalue weighted by molar-refractivity contribution is -0.125. The minimum absolute atomic E-state index is 0.0202. The van der Waals surface area contributed by atoms with Crippen LogP contribution < -0.4 is 10.6 Å². The van der Waals surface area contributed by atoms with Gasteiger partial charge in [-0.3, -0.25) is 9.48 Å². The van der Waals surface area contributed by atoms with E-state index in [1.807, 2.05) is 20.0 Å². The van der Waals surface area contributed by atoms with E-state index in [2.05, 4.69) is 5.10 Å². The largest absolute Gasteiger partial charge is 0.318 e. The molecule has 1 aliphatic heterocycles. The number of nitrogens with two attached hydrogens (primary N) is 1. The van der Waals surface area contributed by atoms with Gasteiger partial charge in [0.25, 0.3) is 0 Å². The molecule has 1 fully saturated rings. The number of carbonyl (C=O) groups is 1. The van der Waals surface area contributed by atoms with E-state index in [0.717, 1.165) is 12.2 Å². The Labute approximate surface area is 82.5 Å². The molecule has 5 heteroatoms. The lowest BCUT2D eigenvalue weighted by atomic mass is 9.97. The van der Waals surface area contributed by atoms with Crippen molar-refractivity contribution in [3.05, 3.63) is 12.4 Å². The molecule has 0 spiro atoms. The van der Waals surface area contributed by atoms with Crippen LogP contribution in [0.5, 0.6) is 0 Å². The minimum atomic E-state index is -0.347. The smallest absolute Gasteiger partial charge is 0.246 e. The molecule has 2 N–H and O–H groups in total. The zero-order valence-corrected chi connectivity index (χ0v) is 8.34. The third-order valence-electron chi connectivity index (χ3n) is 2.67. The van der Waals surface area contributed by atoms with Crippen molar-refractivity contribution in [2.75, 3.05) is 4.90 Å². The summed E-state index contributed by atoms with van der Waals surface area (Å²) in [6, 6.07) is -0.267. The molecule has 76 valence electrons. The maximum Gasteiger partial charge on any atom is 0.246 e. The van der Waals surface area contributed by atoms with Crippen LogP contribution in [0, 0.1) is 0 Å². The van der Waals surface area contributed by atoms with Crippen LogP contribution in [-0.4, -0.2) is 27.8 Å². The van der Waals surface area contributed by atoms with Gasteiger partial charge >= 0.3 is 0 Å². The number of rotatable bonds is 2. The van der Waals surface area contributed by atoms with Gasteiger partial charge in [-0.05, 0) is 13.8 Å². The zero-order valence-electron chi connectivity index (χ0n) is 8.34. The molecule has 1 aromatic heterocycles. The molecule has 2 atom stereocenters. The summed E-state index contributed by atoms with van der Waals surface area (Å²) in [5, 5.41) is 4.11. The van der Waals surface area contributed by atoms with Crippen LogP contribution in [0.4, 0.5) is 5.69 Å². The second-order valence-corrected chi connectivity index (χ2v) is 3.53. The van der Waals surface area contributed by atoms with Crippen molar-refractivity contribution in [1.82, 2.24) is 9.78 Å². The molecule has 5 nitrogen and oxygen atoms in total. The Hall–Kier alpha value is -1.36. The maximum atomic E-state index is 11.4. The molecule has 0 bridgehead atoms. The predicted octanol–water partition coefficient (Wildman–Crippen LogP) is -0.0346. The van der Waals surface area contributed by atoms with Crippen molar-refractivity contribution >= 4 is 11.6 Å². The van der Waals surface area contributed by atoms with Gasteiger partial charge in [0.1, 0.15) is 6.04 Å². The fraction of sp³-hybridized carbons (Fsp3) is 0.556. The van der Waals surface area contributed by atoms with Crippen molar-refractivity contribution in [1.29, 1.82) is 0 Å². The first-order chi connectivity index (χ1) is 6.65. The third-order valence-corrected chi connectivity index (χ3v) is 2.67. The summed E-state index contributed by atoms with van der Waals surface area (Å²) in [4.78, 5) is 13.1. The minimum Gasteiger partial charge on any atom is -0.318 e. The highest BCUT2D eigenvalue weighted by molar-refractivity contribution is 6.04. The van der Waals surface area contributed by atoms with Gasteiger partial charge in [-0.15, -0.1) is 0 Å². The standard InChI is InChI=1S/C9H14N4O/c1-3-12-5-7(4-11-12)13-6(2)8(10)9(13)14/h4-6,8H,3,10H2,1-2H3/t6-,8-/m1/s1. The van der Waals surface area contributed by atoms with Crippen molar-refractivity contribution < 1.29 is 4.79 Å². The average molecular weight is 194 g/mol. The fourth-order valence-electron chi connectivity index (χ4n) is 1.66. The summed E-state index contributed by atoms with van der Waals surface area (Å²) in [5.74, 6) is -0.0202. The number of hydrogen-bond donors (Lipinski definition) is 1. The van der Waals surface area contributed by atoms with Gasteiger partial charge in [0.15, 0.2) is 0 Å². The second kappa shape index (κ2) is 3.09. The monoisotopic (exact) mass is 194 g/mol. The number of β-lactam (4-membered cyclic amide) rings is 1. The van der Waals surface area contributed by atoms with Gasteiger partial charge in [0.05, 0.1) is 17.9 Å². The molecule has 0 aliphatic carbocycles. The molecule has 0 saturated carbocycles. The molecular weight excluding hydrogens is 180 g/mol. The molecule has 0 aromatic carbocycles. The van der Waals surface area contributed by atoms with Gasteiger partial charge in [0.2, 0.25) is 5.91 Å². The lowest BCUT2D eigenvalue weighted by Crippen LogP contribution is -2.67. The number of nitrogens with zero attached hydrogens (tertiary/aromatic N) is 3. The lowest BCUT2D eigenvalue weighted by Gasteiger charge is -2.42. The summed E-state index contributed by atoms with van der Waals surface area (Å²) in [7, 11) is 0. The highest BCUT2D eigenvalue weighted by Crippen LogP contribution is 2.26. The molecule has 14 heavy (non-hydrogen) atoms. The molecule has 0 radical (unpaired) electrons. The van der Waals surface area contributed by atoms with Crippen molar-refractivity contribution in [2.45, 2.75) is 32.5 Å². The Morgan fingerprint density at radius 1 is 1.64 bits per heavy atom. The second-order valence-electron chi connectivity index (χ2n) is 3.53. The normalized spacial score (nSPS) is 26.5. The molecule has 1 aliphatic rings. The van der Waals surface area contributed by atoms with Gasteiger partial charge in [-0.2, -0.15) is 5.10 Å². The van der Waals surface area contributed by atoms with Crippen LogP contribution in [0.1, 0.15) is 13.8 Å². The third kappa shape index (κ3) is 1.13. The number of carbonyl (C=O) groups excluding carboxylic acids is 1. The molecule has 1 saturated heterocycles. The first-order valence-electron chi connectivity index (χ1n) is 4.76. The summed E-state index contributed by atoms with van der Waals surface area (Å²) in [6.45, 7) is 4.75. The van der Waals surface area contributed by atoms with Crippen LogP contribution in [0.2, 0.25) is 0 Å². The maximum absolute atomic E-state index is 11.4. The number of aryl methyl sites for hydroxylation is 1. The summed E-state index contributed by atoms with van der Waals surface area (Å²) >= 11 is 0. The number of anilines is 1. The molecule has 1 aromatic rings. The predicted molar refractivity (Wildman–Crippen MR) is 52.8 cm³/mol. The Bertz CT molecular complexity index is 359. The molecule has 0 unspecified atom stereocenters. The van der Waals surface area contributed by atoms with E-state index >= 15 is 0 Å². The van der Waals surface area contributed by atoms with Gasteiger partial charge in [-0.1, -0.05) is 0 Å². The first kappa shape index (κ1) is 9.21. The fourth-order valence-corrected chi connectivity index (χ4v) is 1.66. The van der Waals surface area contributed by atoms with E-state index < -0.39 is 0 Å². The van der Waals surface area contributed by atoms with Gasteiger partial charge in [-0.25, -0.2) is 0 Å². The van der Waals surface area contributed by atoms with Gasteiger partial charge < -0.3 is 10.6 Å². The average Bonchev–Trinajstić information content (AvgIpc) is 2.66. The molecular formula is C9H14N4O.